The van der Waals surface area contributed by atoms with Crippen molar-refractivity contribution in [2.75, 3.05) is 5.32 Å². The Morgan fingerprint density at radius 2 is 1.90 bits per heavy atom. The number of nitrogens with one attached hydrogen (secondary N) is 1. The van der Waals surface area contributed by atoms with Crippen LogP contribution in [0, 0.1) is 0 Å². The minimum absolute atomic E-state index is 0.371. The fraction of sp³-hybridized carbons (Fsp3) is 0.467. The van der Waals surface area contributed by atoms with Gasteiger partial charge in [-0.3, -0.25) is 5.32 Å². The van der Waals surface area contributed by atoms with Crippen molar-refractivity contribution in [1.82, 2.24) is 0 Å². The second-order valence-electron chi connectivity index (χ2n) is 6.08. The van der Waals surface area contributed by atoms with Crippen molar-refractivity contribution in [2.24, 2.45) is 4.99 Å². The number of aliphatic imine (C=N–C) groups is 1. The van der Waals surface area contributed by atoms with Crippen molar-refractivity contribution in [3.8, 4) is 0 Å². The molecule has 1 amide bonds. The third-order valence-corrected chi connectivity index (χ3v) is 2.96. The van der Waals surface area contributed by atoms with Crippen molar-refractivity contribution in [1.29, 1.82) is 0 Å². The van der Waals surface area contributed by atoms with Gasteiger partial charge in [0.2, 0.25) is 6.08 Å². The lowest BCUT2D eigenvalue weighted by Crippen LogP contribution is -2.27. The Kier molecular flexibility index (Phi) is 5.15. The second kappa shape index (κ2) is 6.29. The molecule has 21 heavy (non-hydrogen) atoms. The smallest absolute Gasteiger partial charge is 0.412 e. The van der Waals surface area contributed by atoms with E-state index in [1.54, 1.807) is 58.9 Å². The molecule has 0 fully saturated rings. The summed E-state index contributed by atoms with van der Waals surface area (Å²) in [5, 5.41) is 2.96. The zero-order valence-corrected chi connectivity index (χ0v) is 13.5. The SMILES string of the molecule is CC(C)(C)OC(=O)Nc1cc(C(C)(C)N=C=O)ccc1Cl. The standard InChI is InChI=1S/C15H19ClN2O3/c1-14(2,3)21-13(20)18-12-8-10(6-7-11(12)16)15(4,5)17-9-19/h6-8H,1-5H3,(H,18,20). The number of ether oxygens (including phenoxy) is 1. The fourth-order valence-corrected chi connectivity index (χ4v) is 1.76. The van der Waals surface area contributed by atoms with E-state index in [4.69, 9.17) is 16.3 Å². The van der Waals surface area contributed by atoms with E-state index in [9.17, 15) is 9.59 Å². The summed E-state index contributed by atoms with van der Waals surface area (Å²) < 4.78 is 5.18. The van der Waals surface area contributed by atoms with Crippen LogP contribution in [0.5, 0.6) is 0 Å². The van der Waals surface area contributed by atoms with Crippen LogP contribution in [0.1, 0.15) is 40.2 Å². The Morgan fingerprint density at radius 1 is 1.29 bits per heavy atom. The Bertz CT molecular complexity index is 585. The van der Waals surface area contributed by atoms with Crippen LogP contribution in [0.4, 0.5) is 10.5 Å². The number of carbonyl (C=O) groups excluding carboxylic acids is 2. The van der Waals surface area contributed by atoms with Crippen molar-refractivity contribution < 1.29 is 14.3 Å². The summed E-state index contributed by atoms with van der Waals surface area (Å²) in [6, 6.07) is 5.03. The molecule has 1 aromatic carbocycles. The highest BCUT2D eigenvalue weighted by atomic mass is 35.5. The van der Waals surface area contributed by atoms with Gasteiger partial charge >= 0.3 is 6.09 Å². The molecule has 114 valence electrons. The van der Waals surface area contributed by atoms with E-state index in [1.165, 1.54) is 0 Å². The number of benzene rings is 1. The first-order valence-corrected chi connectivity index (χ1v) is 6.82. The molecule has 0 atom stereocenters. The Balaban J connectivity index is 3.04. The molecule has 0 saturated heterocycles. The average molecular weight is 311 g/mol. The summed E-state index contributed by atoms with van der Waals surface area (Å²) in [5.74, 6) is 0. The molecule has 0 radical (unpaired) electrons. The van der Waals surface area contributed by atoms with E-state index in [1.807, 2.05) is 0 Å². The van der Waals surface area contributed by atoms with Crippen LogP contribution in [0.3, 0.4) is 0 Å². The third kappa shape index (κ3) is 5.21. The van der Waals surface area contributed by atoms with Gasteiger partial charge in [-0.25, -0.2) is 9.59 Å². The number of anilines is 1. The first-order valence-electron chi connectivity index (χ1n) is 6.44. The molecule has 1 rings (SSSR count). The largest absolute Gasteiger partial charge is 0.444 e. The lowest BCUT2D eigenvalue weighted by Gasteiger charge is -2.22. The van der Waals surface area contributed by atoms with Gasteiger partial charge in [0.15, 0.2) is 0 Å². The van der Waals surface area contributed by atoms with Gasteiger partial charge in [-0.05, 0) is 52.3 Å². The number of rotatable bonds is 3. The summed E-state index contributed by atoms with van der Waals surface area (Å²) >= 11 is 6.06. The highest BCUT2D eigenvalue weighted by molar-refractivity contribution is 6.33. The average Bonchev–Trinajstić information content (AvgIpc) is 2.29. The van der Waals surface area contributed by atoms with Crippen LogP contribution in [0.15, 0.2) is 23.2 Å². The van der Waals surface area contributed by atoms with Gasteiger partial charge in [0.05, 0.1) is 16.2 Å². The van der Waals surface area contributed by atoms with Gasteiger partial charge in [0, 0.05) is 0 Å². The Morgan fingerprint density at radius 3 is 2.43 bits per heavy atom. The molecule has 0 spiro atoms. The number of halogens is 1. The molecule has 5 nitrogen and oxygen atoms in total. The van der Waals surface area contributed by atoms with E-state index >= 15 is 0 Å². The Labute approximate surface area is 129 Å². The second-order valence-corrected chi connectivity index (χ2v) is 6.49. The predicted octanol–water partition coefficient (Wildman–Crippen LogP) is 4.26. The van der Waals surface area contributed by atoms with Crippen molar-refractivity contribution in [3.63, 3.8) is 0 Å². The number of hydrogen-bond acceptors (Lipinski definition) is 4. The lowest BCUT2D eigenvalue weighted by atomic mass is 9.95. The minimum Gasteiger partial charge on any atom is -0.444 e. The van der Waals surface area contributed by atoms with Gasteiger partial charge in [-0.1, -0.05) is 17.7 Å². The first-order chi connectivity index (χ1) is 9.55. The Hall–Kier alpha value is -1.84. The van der Waals surface area contributed by atoms with Crippen LogP contribution in [-0.4, -0.2) is 17.8 Å². The zero-order valence-electron chi connectivity index (χ0n) is 12.8. The van der Waals surface area contributed by atoms with E-state index in [2.05, 4.69) is 10.3 Å². The zero-order chi connectivity index (χ0) is 16.3. The van der Waals surface area contributed by atoms with Crippen LogP contribution in [0.2, 0.25) is 5.02 Å². The molecule has 6 heteroatoms. The quantitative estimate of drug-likeness (QED) is 0.670. The molecule has 1 N–H and O–H groups in total. The molecule has 0 aliphatic heterocycles. The molecular weight excluding hydrogens is 292 g/mol. The summed E-state index contributed by atoms with van der Waals surface area (Å²) in [7, 11) is 0. The minimum atomic E-state index is -0.753. The number of amides is 1. The maximum Gasteiger partial charge on any atom is 0.412 e. The molecule has 0 aliphatic carbocycles. The molecular formula is C15H19ClN2O3. The van der Waals surface area contributed by atoms with Gasteiger partial charge < -0.3 is 4.74 Å². The number of hydrogen-bond donors (Lipinski definition) is 1. The molecule has 0 aromatic heterocycles. The molecule has 0 saturated carbocycles. The molecule has 0 aliphatic rings. The maximum absolute atomic E-state index is 11.8. The van der Waals surface area contributed by atoms with E-state index in [0.717, 1.165) is 5.56 Å². The molecule has 0 bridgehead atoms. The van der Waals surface area contributed by atoms with Gasteiger partial charge in [-0.15, -0.1) is 0 Å². The van der Waals surface area contributed by atoms with Crippen LogP contribution in [-0.2, 0) is 15.1 Å². The number of carbonyl (C=O) groups is 1. The van der Waals surface area contributed by atoms with Gasteiger partial charge in [0.1, 0.15) is 5.60 Å². The fourth-order valence-electron chi connectivity index (χ4n) is 1.59. The van der Waals surface area contributed by atoms with Crippen LogP contribution >= 0.6 is 11.6 Å². The van der Waals surface area contributed by atoms with Crippen LogP contribution < -0.4 is 5.32 Å². The summed E-state index contributed by atoms with van der Waals surface area (Å²) in [6.45, 7) is 8.84. The summed E-state index contributed by atoms with van der Waals surface area (Å²) in [6.07, 6.45) is 0.944. The summed E-state index contributed by atoms with van der Waals surface area (Å²) in [4.78, 5) is 26.0. The van der Waals surface area contributed by atoms with Crippen LogP contribution in [0.25, 0.3) is 0 Å². The topological polar surface area (TPSA) is 67.8 Å². The van der Waals surface area contributed by atoms with Crippen molar-refractivity contribution in [2.45, 2.75) is 45.8 Å². The number of nitrogens with zero attached hydrogens (tertiary/aromatic N) is 1. The monoisotopic (exact) mass is 310 g/mol. The lowest BCUT2D eigenvalue weighted by molar-refractivity contribution is 0.0636. The van der Waals surface area contributed by atoms with Gasteiger partial charge in [-0.2, -0.15) is 4.99 Å². The van der Waals surface area contributed by atoms with E-state index in [-0.39, 0.29) is 0 Å². The van der Waals surface area contributed by atoms with E-state index < -0.39 is 17.2 Å². The van der Waals surface area contributed by atoms with Crippen molar-refractivity contribution in [3.05, 3.63) is 28.8 Å². The summed E-state index contributed by atoms with van der Waals surface area (Å²) in [5.41, 5.74) is -0.231. The highest BCUT2D eigenvalue weighted by Gasteiger charge is 2.22. The normalized spacial score (nSPS) is 11.5. The highest BCUT2D eigenvalue weighted by Crippen LogP contribution is 2.31. The van der Waals surface area contributed by atoms with E-state index in [0.29, 0.717) is 10.7 Å². The molecule has 1 aromatic rings. The number of isocyanates is 1. The first kappa shape index (κ1) is 17.2. The predicted molar refractivity (Wildman–Crippen MR) is 82.5 cm³/mol. The maximum atomic E-state index is 11.8. The molecule has 0 unspecified atom stereocenters. The van der Waals surface area contributed by atoms with Crippen molar-refractivity contribution >= 4 is 29.5 Å². The third-order valence-electron chi connectivity index (χ3n) is 2.63. The molecule has 0 heterocycles. The van der Waals surface area contributed by atoms with Gasteiger partial charge in [0.25, 0.3) is 0 Å².